The van der Waals surface area contributed by atoms with E-state index in [1.807, 2.05) is 43.3 Å². The third kappa shape index (κ3) is 4.47. The quantitative estimate of drug-likeness (QED) is 0.589. The second-order valence-electron chi connectivity index (χ2n) is 6.54. The van der Waals surface area contributed by atoms with Gasteiger partial charge in [0, 0.05) is 17.3 Å². The predicted octanol–water partition coefficient (Wildman–Crippen LogP) is 5.55. The largest absolute Gasteiger partial charge is 0.348 e. The molecule has 1 unspecified atom stereocenters. The van der Waals surface area contributed by atoms with Crippen molar-refractivity contribution in [1.82, 2.24) is 9.97 Å². The molecule has 0 saturated carbocycles. The van der Waals surface area contributed by atoms with Gasteiger partial charge in [-0.25, -0.2) is 9.97 Å². The van der Waals surface area contributed by atoms with Crippen molar-refractivity contribution in [3.63, 3.8) is 0 Å². The Morgan fingerprint density at radius 1 is 1.07 bits per heavy atom. The molecule has 2 aromatic carbocycles. The zero-order valence-corrected chi connectivity index (χ0v) is 16.0. The monoisotopic (exact) mass is 356 g/mol. The van der Waals surface area contributed by atoms with Gasteiger partial charge in [0.2, 0.25) is 5.95 Å². The Kier molecular flexibility index (Phi) is 5.77. The minimum atomic E-state index is 0.111. The van der Waals surface area contributed by atoms with Crippen LogP contribution in [0.25, 0.3) is 11.3 Å². The van der Waals surface area contributed by atoms with Crippen molar-refractivity contribution in [2.45, 2.75) is 26.8 Å². The Morgan fingerprint density at radius 2 is 1.85 bits per heavy atom. The number of rotatable bonds is 6. The van der Waals surface area contributed by atoms with Crippen LogP contribution in [0.1, 0.15) is 42.3 Å². The van der Waals surface area contributed by atoms with Crippen LogP contribution in [0.3, 0.4) is 0 Å². The summed E-state index contributed by atoms with van der Waals surface area (Å²) in [7, 11) is 0. The van der Waals surface area contributed by atoms with Crippen molar-refractivity contribution in [2.24, 2.45) is 4.99 Å². The Labute approximate surface area is 160 Å². The molecule has 3 rings (SSSR count). The number of allylic oxidation sites excluding steroid dienone is 1. The average molecular weight is 356 g/mol. The van der Waals surface area contributed by atoms with Gasteiger partial charge in [0.25, 0.3) is 0 Å². The molecule has 27 heavy (non-hydrogen) atoms. The number of hydrogen-bond acceptors (Lipinski definition) is 4. The second-order valence-corrected chi connectivity index (χ2v) is 6.54. The van der Waals surface area contributed by atoms with Gasteiger partial charge in [-0.05, 0) is 45.2 Å². The second kappa shape index (κ2) is 8.41. The van der Waals surface area contributed by atoms with E-state index in [1.54, 1.807) is 6.20 Å². The van der Waals surface area contributed by atoms with Crippen LogP contribution >= 0.6 is 0 Å². The number of aliphatic imine (C=N–C) groups is 1. The smallest absolute Gasteiger partial charge is 0.223 e. The van der Waals surface area contributed by atoms with E-state index in [0.29, 0.717) is 5.95 Å². The van der Waals surface area contributed by atoms with Gasteiger partial charge in [0.05, 0.1) is 17.4 Å². The lowest BCUT2D eigenvalue weighted by atomic mass is 10.0. The summed E-state index contributed by atoms with van der Waals surface area (Å²) in [6.07, 6.45) is 1.77. The van der Waals surface area contributed by atoms with Crippen LogP contribution < -0.4 is 5.32 Å². The van der Waals surface area contributed by atoms with E-state index in [9.17, 15) is 0 Å². The number of hydrogen-bond donors (Lipinski definition) is 1. The third-order valence-electron chi connectivity index (χ3n) is 4.49. The molecule has 0 radical (unpaired) electrons. The predicted molar refractivity (Wildman–Crippen MR) is 114 cm³/mol. The van der Waals surface area contributed by atoms with Crippen LogP contribution in [-0.4, -0.2) is 16.7 Å². The van der Waals surface area contributed by atoms with Gasteiger partial charge in [0.15, 0.2) is 0 Å². The molecule has 0 aliphatic heterocycles. The standard InChI is InChI=1S/C23H24N4/c1-16-9-8-12-20(15-16)22(24-4)17(2)21-13-14-25-23(27-21)26-18(3)19-10-6-5-7-11-19/h5-15,18H,4H2,1-3H3,(H,25,26,27)/b22-17+. The summed E-state index contributed by atoms with van der Waals surface area (Å²) in [5.41, 5.74) is 6.04. The van der Waals surface area contributed by atoms with Crippen LogP contribution in [0.5, 0.6) is 0 Å². The average Bonchev–Trinajstić information content (AvgIpc) is 2.69. The first kappa shape index (κ1) is 18.5. The van der Waals surface area contributed by atoms with Crippen molar-refractivity contribution in [2.75, 3.05) is 5.32 Å². The molecule has 136 valence electrons. The topological polar surface area (TPSA) is 50.2 Å². The van der Waals surface area contributed by atoms with Gasteiger partial charge in [-0.1, -0.05) is 54.1 Å². The molecular formula is C23H24N4. The molecule has 0 bridgehead atoms. The molecule has 4 heteroatoms. The van der Waals surface area contributed by atoms with Gasteiger partial charge in [-0.15, -0.1) is 0 Å². The number of aromatic nitrogens is 2. The molecule has 3 aromatic rings. The molecule has 1 atom stereocenters. The van der Waals surface area contributed by atoms with E-state index < -0.39 is 0 Å². The van der Waals surface area contributed by atoms with Crippen molar-refractivity contribution in [3.05, 3.63) is 89.2 Å². The molecule has 0 amide bonds. The maximum atomic E-state index is 4.69. The molecule has 1 N–H and O–H groups in total. The highest BCUT2D eigenvalue weighted by atomic mass is 15.1. The fourth-order valence-corrected chi connectivity index (χ4v) is 3.00. The minimum absolute atomic E-state index is 0.111. The molecule has 1 heterocycles. The summed E-state index contributed by atoms with van der Waals surface area (Å²) in [5, 5.41) is 3.37. The molecular weight excluding hydrogens is 332 g/mol. The van der Waals surface area contributed by atoms with Gasteiger partial charge >= 0.3 is 0 Å². The highest BCUT2D eigenvalue weighted by molar-refractivity contribution is 5.89. The van der Waals surface area contributed by atoms with Gasteiger partial charge in [-0.3, -0.25) is 4.99 Å². The van der Waals surface area contributed by atoms with Crippen LogP contribution in [0.15, 0.2) is 71.9 Å². The number of nitrogens with one attached hydrogen (secondary N) is 1. The highest BCUT2D eigenvalue weighted by Crippen LogP contribution is 2.27. The van der Waals surface area contributed by atoms with Crippen molar-refractivity contribution in [3.8, 4) is 0 Å². The number of benzene rings is 2. The first-order chi connectivity index (χ1) is 13.1. The summed E-state index contributed by atoms with van der Waals surface area (Å²) in [6, 6.07) is 20.5. The van der Waals surface area contributed by atoms with Gasteiger partial charge in [-0.2, -0.15) is 0 Å². The summed E-state index contributed by atoms with van der Waals surface area (Å²) < 4.78 is 0. The summed E-state index contributed by atoms with van der Waals surface area (Å²) in [4.78, 5) is 13.3. The van der Waals surface area contributed by atoms with Gasteiger partial charge < -0.3 is 5.32 Å². The Bertz CT molecular complexity index is 961. The fourth-order valence-electron chi connectivity index (χ4n) is 3.00. The van der Waals surface area contributed by atoms with E-state index in [2.05, 4.69) is 65.1 Å². The van der Waals surface area contributed by atoms with Crippen molar-refractivity contribution < 1.29 is 0 Å². The summed E-state index contributed by atoms with van der Waals surface area (Å²) >= 11 is 0. The maximum Gasteiger partial charge on any atom is 0.223 e. The normalized spacial score (nSPS) is 12.9. The van der Waals surface area contributed by atoms with Crippen LogP contribution in [0, 0.1) is 6.92 Å². The molecule has 0 saturated heterocycles. The van der Waals surface area contributed by atoms with E-state index in [4.69, 9.17) is 0 Å². The highest BCUT2D eigenvalue weighted by Gasteiger charge is 2.11. The molecule has 0 aliphatic rings. The van der Waals surface area contributed by atoms with Crippen molar-refractivity contribution >= 4 is 23.9 Å². The lowest BCUT2D eigenvalue weighted by Gasteiger charge is -2.15. The van der Waals surface area contributed by atoms with E-state index in [0.717, 1.165) is 22.5 Å². The first-order valence-corrected chi connectivity index (χ1v) is 8.98. The molecule has 4 nitrogen and oxygen atoms in total. The van der Waals surface area contributed by atoms with E-state index >= 15 is 0 Å². The van der Waals surface area contributed by atoms with E-state index in [-0.39, 0.29) is 6.04 Å². The number of anilines is 1. The van der Waals surface area contributed by atoms with Crippen LogP contribution in [0.2, 0.25) is 0 Å². The fraction of sp³-hybridized carbons (Fsp3) is 0.174. The SMILES string of the molecule is C=N/C(=C(\C)c1ccnc(NC(C)c2ccccc2)n1)c1cccc(C)c1. The lowest BCUT2D eigenvalue weighted by Crippen LogP contribution is -2.10. The summed E-state index contributed by atoms with van der Waals surface area (Å²) in [6.45, 7) is 9.93. The Hall–Kier alpha value is -3.27. The zero-order chi connectivity index (χ0) is 19.2. The molecule has 0 spiro atoms. The molecule has 0 aliphatic carbocycles. The van der Waals surface area contributed by atoms with Crippen LogP contribution in [-0.2, 0) is 0 Å². The Morgan fingerprint density at radius 3 is 2.56 bits per heavy atom. The lowest BCUT2D eigenvalue weighted by molar-refractivity contribution is 0.859. The van der Waals surface area contributed by atoms with E-state index in [1.165, 1.54) is 11.1 Å². The third-order valence-corrected chi connectivity index (χ3v) is 4.49. The summed E-state index contributed by atoms with van der Waals surface area (Å²) in [5.74, 6) is 0.593. The van der Waals surface area contributed by atoms with Crippen molar-refractivity contribution in [1.29, 1.82) is 0 Å². The maximum absolute atomic E-state index is 4.69. The molecule has 1 aromatic heterocycles. The minimum Gasteiger partial charge on any atom is -0.348 e. The molecule has 0 fully saturated rings. The number of nitrogens with zero attached hydrogens (tertiary/aromatic N) is 3. The zero-order valence-electron chi connectivity index (χ0n) is 16.0. The first-order valence-electron chi connectivity index (χ1n) is 8.98. The van der Waals surface area contributed by atoms with Gasteiger partial charge in [0.1, 0.15) is 0 Å². The Balaban J connectivity index is 1.91. The number of aryl methyl sites for hydroxylation is 1. The van der Waals surface area contributed by atoms with Crippen LogP contribution in [0.4, 0.5) is 5.95 Å².